The van der Waals surface area contributed by atoms with Gasteiger partial charge in [-0.15, -0.1) is 0 Å². The van der Waals surface area contributed by atoms with Crippen LogP contribution in [0.1, 0.15) is 0 Å². The minimum absolute atomic E-state index is 0. The van der Waals surface area contributed by atoms with Crippen LogP contribution in [0.5, 0.6) is 0 Å². The van der Waals surface area contributed by atoms with E-state index in [9.17, 15) is 14.4 Å². The third kappa shape index (κ3) is 8.95. The Balaban J connectivity index is 0. The molecule has 0 aromatic rings. The molecule has 0 rings (SSSR count). The summed E-state index contributed by atoms with van der Waals surface area (Å²) < 4.78 is 13.4. The van der Waals surface area contributed by atoms with E-state index in [1.807, 2.05) is 0 Å². The van der Waals surface area contributed by atoms with Gasteiger partial charge < -0.3 is 19.3 Å². The summed E-state index contributed by atoms with van der Waals surface area (Å²) in [6, 6.07) is 0. The molecule has 0 aromatic heterocycles. The van der Waals surface area contributed by atoms with Crippen LogP contribution >= 0.6 is 25.3 Å². The van der Waals surface area contributed by atoms with Gasteiger partial charge in [0.05, 0.1) is 24.7 Å². The first-order valence-electron chi connectivity index (χ1n) is 4.43. The number of carbonyl (C=O) groups is 3. The summed E-state index contributed by atoms with van der Waals surface area (Å²) >= 11 is 7.22. The minimum Gasteiger partial charge on any atom is -0.423 e. The van der Waals surface area contributed by atoms with Crippen molar-refractivity contribution < 1.29 is 55.4 Å². The van der Waals surface area contributed by atoms with Gasteiger partial charge in [0.15, 0.2) is 0 Å². The maximum Gasteiger partial charge on any atom is 0.384 e. The van der Waals surface area contributed by atoms with Gasteiger partial charge in [-0.2, -0.15) is 25.3 Å². The quantitative estimate of drug-likeness (QED) is 0.177. The number of ether oxygens (including phenoxy) is 3. The van der Waals surface area contributed by atoms with Gasteiger partial charge in [0.25, 0.3) is 0 Å². The van der Waals surface area contributed by atoms with Crippen molar-refractivity contribution in [3.05, 3.63) is 0 Å². The van der Waals surface area contributed by atoms with Crippen molar-refractivity contribution in [1.29, 1.82) is 0 Å². The van der Waals surface area contributed by atoms with Gasteiger partial charge in [-0.05, 0) is 0 Å². The zero-order chi connectivity index (χ0) is 13.3. The molecule has 1 atom stereocenters. The smallest absolute Gasteiger partial charge is 0.384 e. The van der Waals surface area contributed by atoms with Crippen LogP contribution in [0.4, 0.5) is 0 Å². The fourth-order valence-electron chi connectivity index (χ4n) is 0.659. The van der Waals surface area contributed by atoms with Gasteiger partial charge in [0.2, 0.25) is 0 Å². The van der Waals surface area contributed by atoms with Crippen LogP contribution < -0.4 is 0 Å². The Morgan fingerprint density at radius 3 is 2.11 bits per heavy atom. The van der Waals surface area contributed by atoms with Crippen molar-refractivity contribution in [1.82, 2.24) is 0 Å². The SMILES string of the molecule is O=C(CS)OC(=O)C(OCCO)OC(=O)CS.[Ti]. The van der Waals surface area contributed by atoms with Gasteiger partial charge in [0, 0.05) is 21.7 Å². The van der Waals surface area contributed by atoms with E-state index in [0.717, 1.165) is 0 Å². The molecule has 0 bridgehead atoms. The van der Waals surface area contributed by atoms with Gasteiger partial charge >= 0.3 is 24.2 Å². The van der Waals surface area contributed by atoms with Crippen LogP contribution in [0.3, 0.4) is 0 Å². The molecule has 0 fully saturated rings. The number of thiol groups is 2. The first kappa shape index (κ1) is 20.3. The van der Waals surface area contributed by atoms with E-state index in [1.54, 1.807) is 0 Å². The maximum atomic E-state index is 11.3. The number of hydrogen-bond acceptors (Lipinski definition) is 9. The van der Waals surface area contributed by atoms with Gasteiger partial charge in [0.1, 0.15) is 0 Å². The van der Waals surface area contributed by atoms with E-state index in [2.05, 4.69) is 34.7 Å². The molecule has 0 aliphatic rings. The number of hydrogen-bond donors (Lipinski definition) is 3. The van der Waals surface area contributed by atoms with E-state index >= 15 is 0 Å². The molecular formula is C8H12O7S2Ti. The van der Waals surface area contributed by atoms with E-state index in [0.29, 0.717) is 0 Å². The molecular weight excluding hydrogens is 320 g/mol. The Bertz CT molecular complexity index is 287. The first-order chi connectivity index (χ1) is 8.04. The van der Waals surface area contributed by atoms with Crippen LogP contribution in [-0.2, 0) is 50.3 Å². The average Bonchev–Trinajstić information content (AvgIpc) is 2.33. The molecule has 1 unspecified atom stereocenters. The van der Waals surface area contributed by atoms with Crippen molar-refractivity contribution >= 4 is 43.2 Å². The molecule has 0 amide bonds. The van der Waals surface area contributed by atoms with Crippen LogP contribution in [-0.4, -0.2) is 54.0 Å². The molecule has 0 aromatic carbocycles. The Kier molecular flexibility index (Phi) is 13.5. The summed E-state index contributed by atoms with van der Waals surface area (Å²) in [5, 5.41) is 8.50. The fraction of sp³-hybridized carbons (Fsp3) is 0.625. The zero-order valence-corrected chi connectivity index (χ0v) is 12.5. The standard InChI is InChI=1S/C8H12O7S2.Ti/c9-1-2-13-8(15-6(11)4-17)7(12)14-5(10)3-16;/h8-9,16-17H,1-4H2;. The molecule has 0 spiro atoms. The summed E-state index contributed by atoms with van der Waals surface area (Å²) in [7, 11) is 0. The molecule has 0 aliphatic heterocycles. The van der Waals surface area contributed by atoms with E-state index < -0.39 is 24.2 Å². The minimum atomic E-state index is -1.70. The normalized spacial score (nSPS) is 11.1. The molecule has 18 heavy (non-hydrogen) atoms. The molecule has 0 saturated heterocycles. The molecule has 0 saturated carbocycles. The van der Waals surface area contributed by atoms with Gasteiger partial charge in [-0.25, -0.2) is 4.79 Å². The fourth-order valence-corrected chi connectivity index (χ4v) is 0.798. The number of carbonyl (C=O) groups excluding carboxylic acids is 3. The average molecular weight is 332 g/mol. The Morgan fingerprint density at radius 2 is 1.67 bits per heavy atom. The molecule has 0 heterocycles. The van der Waals surface area contributed by atoms with E-state index in [4.69, 9.17) is 9.84 Å². The summed E-state index contributed by atoms with van der Waals surface area (Å²) in [5.74, 6) is -3.50. The monoisotopic (exact) mass is 332 g/mol. The van der Waals surface area contributed by atoms with E-state index in [-0.39, 0.29) is 46.4 Å². The number of rotatable bonds is 7. The van der Waals surface area contributed by atoms with E-state index in [1.165, 1.54) is 0 Å². The summed E-state index contributed by atoms with van der Waals surface area (Å²) in [4.78, 5) is 33.0. The summed E-state index contributed by atoms with van der Waals surface area (Å²) in [6.07, 6.45) is -1.70. The van der Waals surface area contributed by atoms with Crippen molar-refractivity contribution in [2.45, 2.75) is 6.29 Å². The van der Waals surface area contributed by atoms with Gasteiger partial charge in [-0.3, -0.25) is 9.59 Å². The number of aliphatic hydroxyl groups excluding tert-OH is 1. The predicted molar refractivity (Wildman–Crippen MR) is 61.7 cm³/mol. The Morgan fingerprint density at radius 1 is 1.11 bits per heavy atom. The molecule has 10 heteroatoms. The second-order valence-electron chi connectivity index (χ2n) is 2.53. The maximum absolute atomic E-state index is 11.3. The largest absolute Gasteiger partial charge is 0.423 e. The van der Waals surface area contributed by atoms with Crippen LogP contribution in [0.2, 0.25) is 0 Å². The van der Waals surface area contributed by atoms with Gasteiger partial charge in [-0.1, -0.05) is 0 Å². The molecule has 7 nitrogen and oxygen atoms in total. The van der Waals surface area contributed by atoms with Crippen LogP contribution in [0.25, 0.3) is 0 Å². The topological polar surface area (TPSA) is 99.1 Å². The molecule has 1 N–H and O–H groups in total. The van der Waals surface area contributed by atoms with Crippen LogP contribution in [0, 0.1) is 0 Å². The summed E-state index contributed by atoms with van der Waals surface area (Å²) in [6.45, 7) is -0.641. The van der Waals surface area contributed by atoms with Crippen molar-refractivity contribution in [2.24, 2.45) is 0 Å². The predicted octanol–water partition coefficient (Wildman–Crippen LogP) is -1.21. The first-order valence-corrected chi connectivity index (χ1v) is 5.69. The van der Waals surface area contributed by atoms with Crippen molar-refractivity contribution in [3.63, 3.8) is 0 Å². The summed E-state index contributed by atoms with van der Waals surface area (Å²) in [5.41, 5.74) is 0. The second-order valence-corrected chi connectivity index (χ2v) is 3.16. The second kappa shape index (κ2) is 12.0. The number of esters is 3. The number of aliphatic hydroxyl groups is 1. The Hall–Kier alpha value is -0.0557. The third-order valence-corrected chi connectivity index (χ3v) is 1.78. The molecule has 102 valence electrons. The molecule has 0 aliphatic carbocycles. The third-order valence-electron chi connectivity index (χ3n) is 1.26. The zero-order valence-electron chi connectivity index (χ0n) is 9.20. The van der Waals surface area contributed by atoms with Crippen LogP contribution in [0.15, 0.2) is 0 Å². The van der Waals surface area contributed by atoms with Crippen molar-refractivity contribution in [3.8, 4) is 0 Å². The Labute approximate surface area is 129 Å². The van der Waals surface area contributed by atoms with Crippen molar-refractivity contribution in [2.75, 3.05) is 24.7 Å². The molecule has 0 radical (unpaired) electrons.